The van der Waals surface area contributed by atoms with Crippen molar-refractivity contribution in [2.24, 2.45) is 0 Å². The van der Waals surface area contributed by atoms with Gasteiger partial charge in [0.2, 0.25) is 5.91 Å². The van der Waals surface area contributed by atoms with Crippen molar-refractivity contribution in [1.29, 1.82) is 0 Å². The van der Waals surface area contributed by atoms with Gasteiger partial charge in [-0.15, -0.1) is 11.3 Å². The molecule has 0 unspecified atom stereocenters. The predicted octanol–water partition coefficient (Wildman–Crippen LogP) is 4.05. The molecule has 6 heteroatoms. The van der Waals surface area contributed by atoms with Gasteiger partial charge in [-0.2, -0.15) is 0 Å². The fourth-order valence-corrected chi connectivity index (χ4v) is 2.90. The number of aromatic nitrogens is 1. The molecule has 2 aromatic carbocycles. The summed E-state index contributed by atoms with van der Waals surface area (Å²) in [5.41, 5.74) is 9.03. The van der Waals surface area contributed by atoms with Gasteiger partial charge in [-0.05, 0) is 35.9 Å². The number of carbonyl (C=O) groups is 1. The Bertz CT molecular complexity index is 901. The number of rotatable bonds is 5. The van der Waals surface area contributed by atoms with Gasteiger partial charge in [0, 0.05) is 22.7 Å². The third kappa shape index (κ3) is 4.45. The number of anilines is 2. The summed E-state index contributed by atoms with van der Waals surface area (Å²) in [6.45, 7) is 0. The highest BCUT2D eigenvalue weighted by Gasteiger charge is 2.06. The maximum absolute atomic E-state index is 12.1. The van der Waals surface area contributed by atoms with E-state index in [4.69, 9.17) is 10.5 Å². The molecule has 0 saturated heterocycles. The Labute approximate surface area is 149 Å². The van der Waals surface area contributed by atoms with Crippen molar-refractivity contribution >= 4 is 34.1 Å². The number of nitrogen functional groups attached to an aromatic ring is 1. The molecule has 3 N–H and O–H groups in total. The quantitative estimate of drug-likeness (QED) is 0.537. The minimum atomic E-state index is -0.235. The summed E-state index contributed by atoms with van der Waals surface area (Å²) in [5, 5.41) is 5.21. The summed E-state index contributed by atoms with van der Waals surface area (Å²) >= 11 is 1.38. The molecule has 0 spiro atoms. The number of hydrogen-bond acceptors (Lipinski definition) is 5. The van der Waals surface area contributed by atoms with Crippen molar-refractivity contribution in [2.45, 2.75) is 0 Å². The molecule has 5 nitrogen and oxygen atoms in total. The van der Waals surface area contributed by atoms with E-state index < -0.39 is 0 Å². The molecular formula is C19H17N3O2S. The molecule has 1 aromatic heterocycles. The van der Waals surface area contributed by atoms with Crippen molar-refractivity contribution in [3.05, 3.63) is 65.6 Å². The zero-order chi connectivity index (χ0) is 17.6. The second-order valence-electron chi connectivity index (χ2n) is 5.26. The highest BCUT2D eigenvalue weighted by Crippen LogP contribution is 2.25. The molecule has 0 fully saturated rings. The van der Waals surface area contributed by atoms with E-state index >= 15 is 0 Å². The standard InChI is InChI=1S/C19H17N3O2S/c1-24-16-4-2-3-13(11-16)5-10-18(23)22-19-21-17(12-25-19)14-6-8-15(20)9-7-14/h2-12H,20H2,1H3,(H,21,22,23)/b10-5+. The van der Waals surface area contributed by atoms with E-state index in [1.165, 1.54) is 17.4 Å². The zero-order valence-electron chi connectivity index (χ0n) is 13.6. The largest absolute Gasteiger partial charge is 0.497 e. The van der Waals surface area contributed by atoms with Gasteiger partial charge in [-0.3, -0.25) is 10.1 Å². The van der Waals surface area contributed by atoms with Crippen molar-refractivity contribution in [2.75, 3.05) is 18.2 Å². The second-order valence-corrected chi connectivity index (χ2v) is 6.12. The SMILES string of the molecule is COc1cccc(/C=C/C(=O)Nc2nc(-c3ccc(N)cc3)cs2)c1. The number of amides is 1. The molecule has 0 bridgehead atoms. The second kappa shape index (κ2) is 7.63. The average Bonchev–Trinajstić information content (AvgIpc) is 3.09. The summed E-state index contributed by atoms with van der Waals surface area (Å²) < 4.78 is 5.16. The first kappa shape index (κ1) is 16.7. The summed E-state index contributed by atoms with van der Waals surface area (Å²) in [6.07, 6.45) is 3.20. The van der Waals surface area contributed by atoms with Crippen LogP contribution in [-0.4, -0.2) is 18.0 Å². The topological polar surface area (TPSA) is 77.2 Å². The molecular weight excluding hydrogens is 334 g/mol. The summed E-state index contributed by atoms with van der Waals surface area (Å²) in [7, 11) is 1.61. The maximum Gasteiger partial charge on any atom is 0.250 e. The van der Waals surface area contributed by atoms with E-state index in [2.05, 4.69) is 10.3 Å². The number of ether oxygens (including phenoxy) is 1. The Morgan fingerprint density at radius 1 is 1.24 bits per heavy atom. The predicted molar refractivity (Wildman–Crippen MR) is 103 cm³/mol. The van der Waals surface area contributed by atoms with E-state index in [9.17, 15) is 4.79 Å². The Hall–Kier alpha value is -3.12. The van der Waals surface area contributed by atoms with Gasteiger partial charge in [0.25, 0.3) is 0 Å². The number of carbonyl (C=O) groups excluding carboxylic acids is 1. The lowest BCUT2D eigenvalue weighted by Crippen LogP contribution is -2.07. The van der Waals surface area contributed by atoms with Crippen LogP contribution in [0.25, 0.3) is 17.3 Å². The number of benzene rings is 2. The first-order valence-corrected chi connectivity index (χ1v) is 8.46. The van der Waals surface area contributed by atoms with E-state index in [-0.39, 0.29) is 5.91 Å². The molecule has 0 radical (unpaired) electrons. The van der Waals surface area contributed by atoms with Crippen LogP contribution in [0.15, 0.2) is 60.0 Å². The summed E-state index contributed by atoms with van der Waals surface area (Å²) in [4.78, 5) is 16.5. The molecule has 0 aliphatic carbocycles. The molecule has 126 valence electrons. The summed E-state index contributed by atoms with van der Waals surface area (Å²) in [6, 6.07) is 14.9. The van der Waals surface area contributed by atoms with E-state index in [1.54, 1.807) is 13.2 Å². The van der Waals surface area contributed by atoms with Gasteiger partial charge >= 0.3 is 0 Å². The zero-order valence-corrected chi connectivity index (χ0v) is 14.4. The van der Waals surface area contributed by atoms with Crippen molar-refractivity contribution in [3.63, 3.8) is 0 Å². The Morgan fingerprint density at radius 3 is 2.80 bits per heavy atom. The lowest BCUT2D eigenvalue weighted by molar-refractivity contribution is -0.111. The van der Waals surface area contributed by atoms with Crippen molar-refractivity contribution in [3.8, 4) is 17.0 Å². The molecule has 25 heavy (non-hydrogen) atoms. The minimum absolute atomic E-state index is 0.235. The molecule has 3 aromatic rings. The normalized spacial score (nSPS) is 10.8. The average molecular weight is 351 g/mol. The number of hydrogen-bond donors (Lipinski definition) is 2. The van der Waals surface area contributed by atoms with Gasteiger partial charge in [-0.25, -0.2) is 4.98 Å². The Morgan fingerprint density at radius 2 is 2.04 bits per heavy atom. The lowest BCUT2D eigenvalue weighted by Gasteiger charge is -2.00. The maximum atomic E-state index is 12.1. The van der Waals surface area contributed by atoms with E-state index in [1.807, 2.05) is 53.9 Å². The minimum Gasteiger partial charge on any atom is -0.497 e. The molecule has 0 aliphatic heterocycles. The van der Waals surface area contributed by atoms with Crippen LogP contribution in [0.5, 0.6) is 5.75 Å². The molecule has 0 atom stereocenters. The third-order valence-corrected chi connectivity index (χ3v) is 4.22. The fourth-order valence-electron chi connectivity index (χ4n) is 2.18. The smallest absolute Gasteiger partial charge is 0.250 e. The molecule has 0 aliphatic rings. The van der Waals surface area contributed by atoms with Crippen molar-refractivity contribution in [1.82, 2.24) is 4.98 Å². The van der Waals surface area contributed by atoms with Crippen LogP contribution in [-0.2, 0) is 4.79 Å². The van der Waals surface area contributed by atoms with Crippen LogP contribution in [0.4, 0.5) is 10.8 Å². The first-order chi connectivity index (χ1) is 12.1. The van der Waals surface area contributed by atoms with Crippen LogP contribution in [0.3, 0.4) is 0 Å². The molecule has 1 heterocycles. The third-order valence-electron chi connectivity index (χ3n) is 3.46. The number of nitrogens with zero attached hydrogens (tertiary/aromatic N) is 1. The Balaban J connectivity index is 1.65. The van der Waals surface area contributed by atoms with Gasteiger partial charge in [0.15, 0.2) is 5.13 Å². The monoisotopic (exact) mass is 351 g/mol. The van der Waals surface area contributed by atoms with Gasteiger partial charge in [0.05, 0.1) is 12.8 Å². The highest BCUT2D eigenvalue weighted by molar-refractivity contribution is 7.14. The molecule has 3 rings (SSSR count). The number of thiazole rings is 1. The van der Waals surface area contributed by atoms with Crippen LogP contribution in [0.1, 0.15) is 5.56 Å². The number of methoxy groups -OCH3 is 1. The van der Waals surface area contributed by atoms with E-state index in [0.717, 1.165) is 22.6 Å². The Kier molecular flexibility index (Phi) is 5.11. The number of nitrogens with one attached hydrogen (secondary N) is 1. The van der Waals surface area contributed by atoms with Gasteiger partial charge in [-0.1, -0.05) is 24.3 Å². The lowest BCUT2D eigenvalue weighted by atomic mass is 10.1. The molecule has 1 amide bonds. The van der Waals surface area contributed by atoms with Gasteiger partial charge < -0.3 is 10.5 Å². The highest BCUT2D eigenvalue weighted by atomic mass is 32.1. The van der Waals surface area contributed by atoms with Crippen LogP contribution >= 0.6 is 11.3 Å². The first-order valence-electron chi connectivity index (χ1n) is 7.58. The van der Waals surface area contributed by atoms with Crippen LogP contribution in [0, 0.1) is 0 Å². The summed E-state index contributed by atoms with van der Waals surface area (Å²) in [5.74, 6) is 0.511. The van der Waals surface area contributed by atoms with Crippen molar-refractivity contribution < 1.29 is 9.53 Å². The number of nitrogens with two attached hydrogens (primary N) is 1. The van der Waals surface area contributed by atoms with Crippen LogP contribution < -0.4 is 15.8 Å². The van der Waals surface area contributed by atoms with E-state index in [0.29, 0.717) is 10.8 Å². The fraction of sp³-hybridized carbons (Fsp3) is 0.0526. The van der Waals surface area contributed by atoms with Gasteiger partial charge in [0.1, 0.15) is 5.75 Å². The van der Waals surface area contributed by atoms with Crippen LogP contribution in [0.2, 0.25) is 0 Å². The molecule has 0 saturated carbocycles.